The van der Waals surface area contributed by atoms with Crippen LogP contribution in [0.3, 0.4) is 0 Å². The van der Waals surface area contributed by atoms with E-state index in [0.29, 0.717) is 36.2 Å². The summed E-state index contributed by atoms with van der Waals surface area (Å²) in [5, 5.41) is 5.67. The summed E-state index contributed by atoms with van der Waals surface area (Å²) in [4.78, 5) is 36.6. The van der Waals surface area contributed by atoms with Crippen LogP contribution in [0, 0.1) is 6.92 Å². The molecule has 2 aromatic rings. The number of carbonyl (C=O) groups is 3. The van der Waals surface area contributed by atoms with Gasteiger partial charge in [-0.1, -0.05) is 43.3 Å². The number of ketones is 1. The number of carbonyl (C=O) groups excluding carboxylic acids is 3. The predicted octanol–water partition coefficient (Wildman–Crippen LogP) is 4.49. The SMILES string of the molecule is CCC(=O)Nc1cc(NC(=O)CC2=C(c3ccccc3)CCC2=O)ccc1C. The molecule has 1 aliphatic rings. The van der Waals surface area contributed by atoms with E-state index < -0.39 is 0 Å². The molecule has 0 aliphatic heterocycles. The van der Waals surface area contributed by atoms with Crippen molar-refractivity contribution in [3.8, 4) is 0 Å². The van der Waals surface area contributed by atoms with Gasteiger partial charge in [-0.2, -0.15) is 0 Å². The van der Waals surface area contributed by atoms with Gasteiger partial charge < -0.3 is 10.6 Å². The molecule has 28 heavy (non-hydrogen) atoms. The predicted molar refractivity (Wildman–Crippen MR) is 111 cm³/mol. The molecule has 5 nitrogen and oxygen atoms in total. The number of rotatable bonds is 6. The lowest BCUT2D eigenvalue weighted by Crippen LogP contribution is -2.15. The van der Waals surface area contributed by atoms with E-state index in [1.54, 1.807) is 19.1 Å². The molecule has 0 heterocycles. The van der Waals surface area contributed by atoms with Crippen molar-refractivity contribution in [2.24, 2.45) is 0 Å². The van der Waals surface area contributed by atoms with E-state index in [2.05, 4.69) is 10.6 Å². The average Bonchev–Trinajstić information content (AvgIpc) is 3.05. The summed E-state index contributed by atoms with van der Waals surface area (Å²) in [5.41, 5.74) is 4.73. The second-order valence-corrected chi connectivity index (χ2v) is 6.90. The lowest BCUT2D eigenvalue weighted by Gasteiger charge is -2.12. The highest BCUT2D eigenvalue weighted by Crippen LogP contribution is 2.33. The van der Waals surface area contributed by atoms with Crippen LogP contribution in [-0.4, -0.2) is 17.6 Å². The van der Waals surface area contributed by atoms with Crippen molar-refractivity contribution in [1.82, 2.24) is 0 Å². The Kier molecular flexibility index (Phi) is 6.04. The fourth-order valence-electron chi connectivity index (χ4n) is 3.31. The first-order valence-electron chi connectivity index (χ1n) is 9.49. The molecule has 2 aromatic carbocycles. The minimum atomic E-state index is -0.240. The largest absolute Gasteiger partial charge is 0.326 e. The van der Waals surface area contributed by atoms with E-state index >= 15 is 0 Å². The molecule has 0 unspecified atom stereocenters. The Bertz CT molecular complexity index is 946. The summed E-state index contributed by atoms with van der Waals surface area (Å²) in [6.45, 7) is 3.68. The summed E-state index contributed by atoms with van der Waals surface area (Å²) in [7, 11) is 0. The molecular weight excluding hydrogens is 352 g/mol. The molecule has 2 amide bonds. The lowest BCUT2D eigenvalue weighted by atomic mass is 10.00. The van der Waals surface area contributed by atoms with Crippen LogP contribution >= 0.6 is 0 Å². The van der Waals surface area contributed by atoms with Crippen LogP contribution in [0.15, 0.2) is 54.1 Å². The van der Waals surface area contributed by atoms with Gasteiger partial charge in [0, 0.05) is 29.8 Å². The molecule has 3 rings (SSSR count). The zero-order valence-electron chi connectivity index (χ0n) is 16.2. The van der Waals surface area contributed by atoms with Crippen molar-refractivity contribution in [1.29, 1.82) is 0 Å². The summed E-state index contributed by atoms with van der Waals surface area (Å²) < 4.78 is 0. The van der Waals surface area contributed by atoms with Crippen molar-refractivity contribution in [2.45, 2.75) is 39.5 Å². The Balaban J connectivity index is 1.75. The number of amides is 2. The first kappa shape index (κ1) is 19.5. The van der Waals surface area contributed by atoms with Crippen LogP contribution in [0.2, 0.25) is 0 Å². The second kappa shape index (κ2) is 8.65. The molecule has 0 saturated heterocycles. The van der Waals surface area contributed by atoms with E-state index in [-0.39, 0.29) is 24.0 Å². The monoisotopic (exact) mass is 376 g/mol. The molecule has 1 aliphatic carbocycles. The smallest absolute Gasteiger partial charge is 0.228 e. The Morgan fingerprint density at radius 1 is 0.964 bits per heavy atom. The van der Waals surface area contributed by atoms with Crippen molar-refractivity contribution >= 4 is 34.5 Å². The van der Waals surface area contributed by atoms with Crippen LogP contribution in [-0.2, 0) is 14.4 Å². The third-order valence-electron chi connectivity index (χ3n) is 4.88. The Morgan fingerprint density at radius 2 is 1.71 bits per heavy atom. The topological polar surface area (TPSA) is 75.3 Å². The molecule has 5 heteroatoms. The van der Waals surface area contributed by atoms with Gasteiger partial charge in [0.25, 0.3) is 0 Å². The Labute approximate surface area is 164 Å². The highest BCUT2D eigenvalue weighted by atomic mass is 16.2. The number of aryl methyl sites for hydroxylation is 1. The third-order valence-corrected chi connectivity index (χ3v) is 4.88. The van der Waals surface area contributed by atoms with Gasteiger partial charge in [-0.15, -0.1) is 0 Å². The van der Waals surface area contributed by atoms with Crippen LogP contribution in [0.4, 0.5) is 11.4 Å². The van der Waals surface area contributed by atoms with Crippen molar-refractivity contribution in [3.63, 3.8) is 0 Å². The fourth-order valence-corrected chi connectivity index (χ4v) is 3.31. The first-order valence-corrected chi connectivity index (χ1v) is 9.49. The minimum Gasteiger partial charge on any atom is -0.326 e. The summed E-state index contributed by atoms with van der Waals surface area (Å²) in [6, 6.07) is 15.1. The molecule has 0 radical (unpaired) electrons. The molecule has 0 atom stereocenters. The van der Waals surface area contributed by atoms with Gasteiger partial charge in [-0.25, -0.2) is 0 Å². The van der Waals surface area contributed by atoms with E-state index in [1.807, 2.05) is 43.3 Å². The second-order valence-electron chi connectivity index (χ2n) is 6.90. The van der Waals surface area contributed by atoms with Crippen LogP contribution in [0.25, 0.3) is 5.57 Å². The molecular formula is C23H24N2O3. The number of hydrogen-bond acceptors (Lipinski definition) is 3. The van der Waals surface area contributed by atoms with E-state index in [4.69, 9.17) is 0 Å². The van der Waals surface area contributed by atoms with E-state index in [1.165, 1.54) is 0 Å². The summed E-state index contributed by atoms with van der Waals surface area (Å²) in [5.74, 6) is -0.287. The lowest BCUT2D eigenvalue weighted by molar-refractivity contribution is -0.119. The van der Waals surface area contributed by atoms with E-state index in [9.17, 15) is 14.4 Å². The number of hydrogen-bond donors (Lipinski definition) is 2. The van der Waals surface area contributed by atoms with Crippen molar-refractivity contribution < 1.29 is 14.4 Å². The average molecular weight is 376 g/mol. The van der Waals surface area contributed by atoms with Gasteiger partial charge in [0.15, 0.2) is 5.78 Å². The maximum absolute atomic E-state index is 12.6. The summed E-state index contributed by atoms with van der Waals surface area (Å²) >= 11 is 0. The Hall–Kier alpha value is -3.21. The molecule has 0 bridgehead atoms. The first-order chi connectivity index (χ1) is 13.5. The van der Waals surface area contributed by atoms with Crippen LogP contribution in [0.5, 0.6) is 0 Å². The quantitative estimate of drug-likeness (QED) is 0.780. The highest BCUT2D eigenvalue weighted by Gasteiger charge is 2.25. The third kappa shape index (κ3) is 4.55. The maximum Gasteiger partial charge on any atom is 0.228 e. The van der Waals surface area contributed by atoms with Gasteiger partial charge >= 0.3 is 0 Å². The van der Waals surface area contributed by atoms with Gasteiger partial charge in [-0.3, -0.25) is 14.4 Å². The minimum absolute atomic E-state index is 0.0359. The van der Waals surface area contributed by atoms with E-state index in [0.717, 1.165) is 16.7 Å². The molecule has 144 valence electrons. The van der Waals surface area contributed by atoms with Gasteiger partial charge in [-0.05, 0) is 42.2 Å². The molecule has 2 N–H and O–H groups in total. The van der Waals surface area contributed by atoms with Gasteiger partial charge in [0.05, 0.1) is 6.42 Å². The van der Waals surface area contributed by atoms with Crippen molar-refractivity contribution in [3.05, 3.63) is 65.2 Å². The number of allylic oxidation sites excluding steroid dienone is 1. The maximum atomic E-state index is 12.6. The molecule has 0 aromatic heterocycles. The standard InChI is InChI=1S/C23H24N2O3/c1-3-22(27)25-20-13-17(10-9-15(20)2)24-23(28)14-19-18(11-12-21(19)26)16-7-5-4-6-8-16/h4-10,13H,3,11-12,14H2,1-2H3,(H,24,28)(H,25,27). The number of nitrogens with one attached hydrogen (secondary N) is 2. The fraction of sp³-hybridized carbons (Fsp3) is 0.261. The number of benzene rings is 2. The molecule has 0 spiro atoms. The van der Waals surface area contributed by atoms with Crippen LogP contribution in [0.1, 0.15) is 43.7 Å². The number of Topliss-reactive ketones (excluding diaryl/α,β-unsaturated/α-hetero) is 1. The van der Waals surface area contributed by atoms with Gasteiger partial charge in [0.2, 0.25) is 11.8 Å². The highest BCUT2D eigenvalue weighted by molar-refractivity contribution is 6.11. The normalized spacial score (nSPS) is 13.6. The zero-order chi connectivity index (χ0) is 20.1. The Morgan fingerprint density at radius 3 is 2.43 bits per heavy atom. The van der Waals surface area contributed by atoms with Crippen molar-refractivity contribution in [2.75, 3.05) is 10.6 Å². The zero-order valence-corrected chi connectivity index (χ0v) is 16.2. The number of anilines is 2. The molecule has 0 fully saturated rings. The molecule has 0 saturated carbocycles. The van der Waals surface area contributed by atoms with Gasteiger partial charge in [0.1, 0.15) is 0 Å². The summed E-state index contributed by atoms with van der Waals surface area (Å²) in [6.07, 6.45) is 1.55. The van der Waals surface area contributed by atoms with Crippen LogP contribution < -0.4 is 10.6 Å².